The molecule has 0 aliphatic rings. The molecule has 0 aromatic carbocycles. The molecule has 0 aliphatic carbocycles. The van der Waals surface area contributed by atoms with Crippen LogP contribution in [0.2, 0.25) is 0 Å². The maximum Gasteiger partial charge on any atom is 0.266 e. The second-order valence-corrected chi connectivity index (χ2v) is 7.19. The summed E-state index contributed by atoms with van der Waals surface area (Å²) < 4.78 is 0. The fraction of sp³-hybridized carbons (Fsp3) is 0.429. The van der Waals surface area contributed by atoms with Crippen molar-refractivity contribution < 1.29 is 9.90 Å². The Labute approximate surface area is 126 Å². The van der Waals surface area contributed by atoms with Crippen LogP contribution < -0.4 is 0 Å². The van der Waals surface area contributed by atoms with E-state index in [9.17, 15) is 9.90 Å². The quantitative estimate of drug-likeness (QED) is 0.944. The number of carbonyl (C=O) groups is 1. The second kappa shape index (κ2) is 5.63. The lowest BCUT2D eigenvalue weighted by molar-refractivity contribution is 0.0477. The zero-order chi connectivity index (χ0) is 14.9. The summed E-state index contributed by atoms with van der Waals surface area (Å²) in [5.41, 5.74) is 0.153. The minimum atomic E-state index is -0.587. The number of nitrogens with zero attached hydrogens (tertiary/aromatic N) is 2. The number of aliphatic hydroxyl groups is 1. The van der Waals surface area contributed by atoms with Crippen molar-refractivity contribution in [3.05, 3.63) is 28.1 Å². The van der Waals surface area contributed by atoms with E-state index in [0.29, 0.717) is 4.88 Å². The monoisotopic (exact) mass is 310 g/mol. The number of rotatable bonds is 4. The molecule has 1 N–H and O–H groups in total. The maximum absolute atomic E-state index is 12.5. The molecule has 0 fully saturated rings. The average molecular weight is 310 g/mol. The minimum absolute atomic E-state index is 0.0785. The van der Waals surface area contributed by atoms with E-state index in [-0.39, 0.29) is 12.5 Å². The molecule has 2 aromatic rings. The lowest BCUT2D eigenvalue weighted by Gasteiger charge is -2.33. The van der Waals surface area contributed by atoms with Gasteiger partial charge in [0, 0.05) is 7.05 Å². The first-order valence-corrected chi connectivity index (χ1v) is 7.97. The first-order chi connectivity index (χ1) is 9.36. The van der Waals surface area contributed by atoms with E-state index in [0.717, 1.165) is 15.6 Å². The fourth-order valence-electron chi connectivity index (χ4n) is 1.63. The van der Waals surface area contributed by atoms with Crippen molar-refractivity contribution in [1.29, 1.82) is 0 Å². The van der Waals surface area contributed by atoms with Crippen molar-refractivity contribution in [3.63, 3.8) is 0 Å². The van der Waals surface area contributed by atoms with Crippen LogP contribution >= 0.6 is 22.7 Å². The molecule has 2 aromatic heterocycles. The summed E-state index contributed by atoms with van der Waals surface area (Å²) in [6.07, 6.45) is 0. The molecule has 0 saturated carbocycles. The van der Waals surface area contributed by atoms with Gasteiger partial charge in [0.15, 0.2) is 0 Å². The van der Waals surface area contributed by atoms with Gasteiger partial charge in [0.05, 0.1) is 22.7 Å². The van der Waals surface area contributed by atoms with Crippen LogP contribution in [0.15, 0.2) is 17.5 Å². The molecule has 6 heteroatoms. The largest absolute Gasteiger partial charge is 0.394 e. The van der Waals surface area contributed by atoms with E-state index in [1.165, 1.54) is 11.3 Å². The van der Waals surface area contributed by atoms with Gasteiger partial charge in [0.25, 0.3) is 5.91 Å². The average Bonchev–Trinajstić information content (AvgIpc) is 3.05. The first kappa shape index (κ1) is 15.2. The molecule has 20 heavy (non-hydrogen) atoms. The van der Waals surface area contributed by atoms with Gasteiger partial charge in [-0.15, -0.1) is 22.7 Å². The lowest BCUT2D eigenvalue weighted by Crippen LogP contribution is -2.47. The van der Waals surface area contributed by atoms with Gasteiger partial charge in [-0.3, -0.25) is 4.79 Å². The molecule has 108 valence electrons. The van der Waals surface area contributed by atoms with Crippen molar-refractivity contribution in [2.24, 2.45) is 0 Å². The number of aryl methyl sites for hydroxylation is 1. The van der Waals surface area contributed by atoms with Crippen molar-refractivity contribution >= 4 is 28.6 Å². The summed E-state index contributed by atoms with van der Waals surface area (Å²) in [5.74, 6) is -0.0955. The van der Waals surface area contributed by atoms with Crippen LogP contribution in [-0.2, 0) is 0 Å². The molecular formula is C14H18N2O2S2. The van der Waals surface area contributed by atoms with E-state index in [1.54, 1.807) is 23.3 Å². The van der Waals surface area contributed by atoms with E-state index in [1.807, 2.05) is 38.3 Å². The van der Waals surface area contributed by atoms with Gasteiger partial charge in [-0.25, -0.2) is 4.98 Å². The number of thiazole rings is 1. The summed E-state index contributed by atoms with van der Waals surface area (Å²) >= 11 is 3.02. The highest BCUT2D eigenvalue weighted by molar-refractivity contribution is 7.22. The van der Waals surface area contributed by atoms with Crippen LogP contribution in [-0.4, -0.2) is 40.1 Å². The first-order valence-electron chi connectivity index (χ1n) is 6.27. The number of hydrogen-bond acceptors (Lipinski definition) is 5. The Hall–Kier alpha value is -1.24. The Morgan fingerprint density at radius 3 is 2.75 bits per heavy atom. The summed E-state index contributed by atoms with van der Waals surface area (Å²) in [4.78, 5) is 20.3. The van der Waals surface area contributed by atoms with Crippen LogP contribution in [0.4, 0.5) is 0 Å². The highest BCUT2D eigenvalue weighted by atomic mass is 32.1. The molecule has 0 aliphatic heterocycles. The minimum Gasteiger partial charge on any atom is -0.394 e. The number of amides is 1. The molecule has 0 atom stereocenters. The molecule has 0 radical (unpaired) electrons. The van der Waals surface area contributed by atoms with Crippen molar-refractivity contribution in [1.82, 2.24) is 9.88 Å². The highest BCUT2D eigenvalue weighted by Gasteiger charge is 2.30. The van der Waals surface area contributed by atoms with E-state index >= 15 is 0 Å². The topological polar surface area (TPSA) is 53.4 Å². The van der Waals surface area contributed by atoms with Gasteiger partial charge >= 0.3 is 0 Å². The Kier molecular flexibility index (Phi) is 4.27. The third-order valence-corrected chi connectivity index (χ3v) is 5.51. The van der Waals surface area contributed by atoms with Crippen LogP contribution in [0, 0.1) is 6.92 Å². The Balaban J connectivity index is 2.32. The van der Waals surface area contributed by atoms with Crippen molar-refractivity contribution in [2.45, 2.75) is 26.3 Å². The predicted octanol–water partition coefficient (Wildman–Crippen LogP) is 3.02. The summed E-state index contributed by atoms with van der Waals surface area (Å²) in [6.45, 7) is 5.44. The highest BCUT2D eigenvalue weighted by Crippen LogP contribution is 2.32. The molecule has 0 spiro atoms. The van der Waals surface area contributed by atoms with Crippen molar-refractivity contribution in [3.8, 4) is 9.88 Å². The Morgan fingerprint density at radius 2 is 2.20 bits per heavy atom. The van der Waals surface area contributed by atoms with Gasteiger partial charge in [-0.2, -0.15) is 0 Å². The summed E-state index contributed by atoms with van der Waals surface area (Å²) in [6, 6.07) is 3.97. The smallest absolute Gasteiger partial charge is 0.266 e. The number of hydrogen-bond donors (Lipinski definition) is 1. The van der Waals surface area contributed by atoms with Gasteiger partial charge in [0.1, 0.15) is 9.88 Å². The zero-order valence-corrected chi connectivity index (χ0v) is 13.6. The molecule has 4 nitrogen and oxygen atoms in total. The molecule has 2 heterocycles. The Morgan fingerprint density at radius 1 is 1.50 bits per heavy atom. The molecule has 1 amide bonds. The van der Waals surface area contributed by atoms with Gasteiger partial charge < -0.3 is 10.0 Å². The van der Waals surface area contributed by atoms with Crippen LogP contribution in [0.3, 0.4) is 0 Å². The van der Waals surface area contributed by atoms with Gasteiger partial charge in [0.2, 0.25) is 0 Å². The van der Waals surface area contributed by atoms with Gasteiger partial charge in [-0.05, 0) is 32.2 Å². The van der Waals surface area contributed by atoms with Crippen LogP contribution in [0.1, 0.15) is 29.2 Å². The molecular weight excluding hydrogens is 292 g/mol. The van der Waals surface area contributed by atoms with E-state index < -0.39 is 5.54 Å². The maximum atomic E-state index is 12.5. The van der Waals surface area contributed by atoms with Crippen LogP contribution in [0.5, 0.6) is 0 Å². The number of carbonyl (C=O) groups excluding carboxylic acids is 1. The lowest BCUT2D eigenvalue weighted by atomic mass is 10.0. The number of thiophene rings is 1. The molecule has 0 bridgehead atoms. The summed E-state index contributed by atoms with van der Waals surface area (Å²) in [7, 11) is 1.71. The zero-order valence-electron chi connectivity index (χ0n) is 12.0. The van der Waals surface area contributed by atoms with Gasteiger partial charge in [-0.1, -0.05) is 6.07 Å². The third kappa shape index (κ3) is 2.77. The SMILES string of the molecule is Cc1nc(-c2cccs2)sc1C(=O)N(C)C(C)(C)CO. The standard InChI is InChI=1S/C14H18N2O2S2/c1-9-11(13(18)16(4)14(2,3)8-17)20-12(15-9)10-6-5-7-19-10/h5-7,17H,8H2,1-4H3. The fourth-order valence-corrected chi connectivity index (χ4v) is 3.47. The third-order valence-electron chi connectivity index (χ3n) is 3.32. The number of likely N-dealkylation sites (N-methyl/N-ethyl adjacent to an activating group) is 1. The Bertz CT molecular complexity index is 603. The molecule has 0 saturated heterocycles. The molecule has 0 unspecified atom stereocenters. The van der Waals surface area contributed by atoms with Crippen molar-refractivity contribution in [2.75, 3.05) is 13.7 Å². The number of aliphatic hydroxyl groups excluding tert-OH is 1. The van der Waals surface area contributed by atoms with E-state index in [4.69, 9.17) is 0 Å². The van der Waals surface area contributed by atoms with E-state index in [2.05, 4.69) is 4.98 Å². The number of aromatic nitrogens is 1. The van der Waals surface area contributed by atoms with Crippen LogP contribution in [0.25, 0.3) is 9.88 Å². The normalized spacial score (nSPS) is 11.7. The predicted molar refractivity (Wildman–Crippen MR) is 83.4 cm³/mol. The molecule has 2 rings (SSSR count). The summed E-state index contributed by atoms with van der Waals surface area (Å²) in [5, 5.41) is 12.2. The second-order valence-electron chi connectivity index (χ2n) is 5.25.